The zero-order chi connectivity index (χ0) is 32.4. The van der Waals surface area contributed by atoms with E-state index in [1.54, 1.807) is 18.6 Å². The third-order valence-electron chi connectivity index (χ3n) is 8.39. The fourth-order valence-electron chi connectivity index (χ4n) is 6.30. The third kappa shape index (κ3) is 5.36. The minimum absolute atomic E-state index is 0.0650. The Morgan fingerprint density at radius 2 is 1.30 bits per heavy atom. The Labute approximate surface area is 269 Å². The second-order valence-corrected chi connectivity index (χ2v) is 11.1. The number of furan rings is 1. The molecule has 0 radical (unpaired) electrons. The van der Waals surface area contributed by atoms with Crippen LogP contribution in [0.4, 0.5) is 13.2 Å². The molecule has 230 valence electrons. The summed E-state index contributed by atoms with van der Waals surface area (Å²) in [5.41, 5.74) is 2.91. The number of carbonyl (C=O) groups excluding carboxylic acids is 1. The number of nitrogens with zero attached hydrogens (tertiary/aromatic N) is 2. The molecule has 0 spiro atoms. The van der Waals surface area contributed by atoms with Gasteiger partial charge in [0.25, 0.3) is 0 Å². The molecular weight excluding hydrogens is 597 g/mol. The van der Waals surface area contributed by atoms with Crippen LogP contribution in [0, 0.1) is 0 Å². The van der Waals surface area contributed by atoms with Gasteiger partial charge in [-0.1, -0.05) is 121 Å². The zero-order valence-electron chi connectivity index (χ0n) is 24.9. The second-order valence-electron chi connectivity index (χ2n) is 11.1. The third-order valence-corrected chi connectivity index (χ3v) is 8.39. The number of fused-ring (bicyclic) bond motifs is 1. The summed E-state index contributed by atoms with van der Waals surface area (Å²) in [4.78, 5) is 18.0. The van der Waals surface area contributed by atoms with Gasteiger partial charge in [-0.2, -0.15) is 13.2 Å². The fraction of sp³-hybridized carbons (Fsp3) is 0.0500. The first kappa shape index (κ1) is 29.7. The Bertz CT molecular complexity index is 2100. The number of halogens is 3. The molecule has 0 saturated carbocycles. The lowest BCUT2D eigenvalue weighted by Crippen LogP contribution is -2.37. The van der Waals surface area contributed by atoms with E-state index in [0.717, 1.165) is 34.0 Å². The van der Waals surface area contributed by atoms with E-state index in [1.165, 1.54) is 24.5 Å². The van der Waals surface area contributed by atoms with E-state index in [1.807, 2.05) is 78.9 Å². The van der Waals surface area contributed by atoms with Crippen LogP contribution >= 0.6 is 0 Å². The summed E-state index contributed by atoms with van der Waals surface area (Å²) in [5.74, 6) is -0.768. The number of alkyl halides is 3. The Kier molecular flexibility index (Phi) is 7.66. The van der Waals surface area contributed by atoms with Crippen molar-refractivity contribution in [3.05, 3.63) is 192 Å². The number of carbonyl (C=O) groups is 1. The summed E-state index contributed by atoms with van der Waals surface area (Å²) < 4.78 is 49.3. The molecule has 0 aliphatic rings. The van der Waals surface area contributed by atoms with Gasteiger partial charge >= 0.3 is 6.18 Å². The lowest BCUT2D eigenvalue weighted by molar-refractivity contribution is -0.137. The molecule has 4 nitrogen and oxygen atoms in total. The molecule has 0 fully saturated rings. The van der Waals surface area contributed by atoms with Crippen molar-refractivity contribution < 1.29 is 22.4 Å². The largest absolute Gasteiger partial charge is 0.464 e. The summed E-state index contributed by atoms with van der Waals surface area (Å²) >= 11 is 0. The number of benzene rings is 5. The first-order valence-corrected chi connectivity index (χ1v) is 15.0. The van der Waals surface area contributed by atoms with Crippen LogP contribution in [0.15, 0.2) is 163 Å². The van der Waals surface area contributed by atoms with E-state index in [9.17, 15) is 18.0 Å². The molecule has 2 aromatic heterocycles. The average molecular weight is 625 g/mol. The van der Waals surface area contributed by atoms with Crippen LogP contribution in [-0.4, -0.2) is 15.3 Å². The van der Waals surface area contributed by atoms with E-state index in [2.05, 4.69) is 45.9 Å². The predicted octanol–water partition coefficient (Wildman–Crippen LogP) is 10.1. The van der Waals surface area contributed by atoms with E-state index >= 15 is 0 Å². The second kappa shape index (κ2) is 12.1. The quantitative estimate of drug-likeness (QED) is 0.0961. The number of hydrogen-bond acceptors (Lipinski definition) is 3. The molecule has 7 aromatic rings. The van der Waals surface area contributed by atoms with Crippen molar-refractivity contribution in [3.63, 3.8) is 0 Å². The van der Waals surface area contributed by atoms with Crippen LogP contribution < -0.4 is 0 Å². The molecule has 0 saturated heterocycles. The van der Waals surface area contributed by atoms with Gasteiger partial charge in [-0.25, -0.2) is 4.98 Å². The maximum atomic E-state index is 14.0. The lowest BCUT2D eigenvalue weighted by atomic mass is 9.76. The standard InChI is InChI=1S/C40H27F3N2O2/c41-40(42,43)35-25-38-29(22-23-47-38)24-34(35)37(46)21-20-28-12-10-11-19-33(28)36-26-44-27-45(36)39(30-13-4-1-5-14-30,31-15-6-2-7-16-31)32-17-8-3-9-18-32/h1-27H. The Morgan fingerprint density at radius 1 is 0.723 bits per heavy atom. The molecule has 0 atom stereocenters. The molecule has 7 rings (SSSR count). The first-order valence-electron chi connectivity index (χ1n) is 15.0. The average Bonchev–Trinajstić information content (AvgIpc) is 3.78. The van der Waals surface area contributed by atoms with Crippen molar-refractivity contribution in [1.29, 1.82) is 0 Å². The van der Waals surface area contributed by atoms with Gasteiger partial charge in [0.1, 0.15) is 11.1 Å². The van der Waals surface area contributed by atoms with Gasteiger partial charge < -0.3 is 8.98 Å². The molecule has 7 heteroatoms. The van der Waals surface area contributed by atoms with Gasteiger partial charge in [-0.05, 0) is 46.5 Å². The normalized spacial score (nSPS) is 12.1. The van der Waals surface area contributed by atoms with Crippen LogP contribution in [0.2, 0.25) is 0 Å². The molecule has 5 aromatic carbocycles. The van der Waals surface area contributed by atoms with Gasteiger partial charge in [-0.15, -0.1) is 0 Å². The molecule has 0 unspecified atom stereocenters. The molecule has 0 amide bonds. The number of imidazole rings is 1. The molecule has 0 aliphatic heterocycles. The topological polar surface area (TPSA) is 48.0 Å². The van der Waals surface area contributed by atoms with Crippen LogP contribution in [0.3, 0.4) is 0 Å². The van der Waals surface area contributed by atoms with Gasteiger partial charge in [0.15, 0.2) is 5.78 Å². The first-order chi connectivity index (χ1) is 22.9. The lowest BCUT2D eigenvalue weighted by Gasteiger charge is -2.38. The van der Waals surface area contributed by atoms with Crippen molar-refractivity contribution >= 4 is 22.8 Å². The molecule has 0 N–H and O–H groups in total. The number of ketones is 1. The highest BCUT2D eigenvalue weighted by molar-refractivity contribution is 6.10. The summed E-state index contributed by atoms with van der Waals surface area (Å²) in [7, 11) is 0. The van der Waals surface area contributed by atoms with Crippen molar-refractivity contribution in [2.45, 2.75) is 11.7 Å². The minimum Gasteiger partial charge on any atom is -0.464 e. The van der Waals surface area contributed by atoms with E-state index in [4.69, 9.17) is 4.42 Å². The van der Waals surface area contributed by atoms with Gasteiger partial charge in [-0.3, -0.25) is 4.79 Å². The Hall–Kier alpha value is -5.95. The number of aromatic nitrogens is 2. The smallest absolute Gasteiger partial charge is 0.417 e. The summed E-state index contributed by atoms with van der Waals surface area (Å²) in [5, 5.41) is 0.415. The number of allylic oxidation sites excluding steroid dienone is 1. The van der Waals surface area contributed by atoms with Crippen LogP contribution in [0.1, 0.15) is 38.2 Å². The van der Waals surface area contributed by atoms with Crippen molar-refractivity contribution in [2.24, 2.45) is 0 Å². The van der Waals surface area contributed by atoms with Crippen LogP contribution in [0.25, 0.3) is 28.3 Å². The van der Waals surface area contributed by atoms with Gasteiger partial charge in [0, 0.05) is 16.5 Å². The molecule has 0 bridgehead atoms. The van der Waals surface area contributed by atoms with Crippen LogP contribution in [-0.2, 0) is 11.7 Å². The molecular formula is C40H27F3N2O2. The zero-order valence-corrected chi connectivity index (χ0v) is 24.9. The molecule has 47 heavy (non-hydrogen) atoms. The maximum absolute atomic E-state index is 14.0. The van der Waals surface area contributed by atoms with E-state index < -0.39 is 28.6 Å². The van der Waals surface area contributed by atoms with Gasteiger partial charge in [0.2, 0.25) is 0 Å². The number of hydrogen-bond donors (Lipinski definition) is 0. The summed E-state index contributed by atoms with van der Waals surface area (Å²) in [6.07, 6.45) is 2.88. The van der Waals surface area contributed by atoms with Crippen molar-refractivity contribution in [1.82, 2.24) is 9.55 Å². The highest BCUT2D eigenvalue weighted by Gasteiger charge is 2.40. The highest BCUT2D eigenvalue weighted by Crippen LogP contribution is 2.44. The number of rotatable bonds is 8. The van der Waals surface area contributed by atoms with Crippen LogP contribution in [0.5, 0.6) is 0 Å². The van der Waals surface area contributed by atoms with Crippen molar-refractivity contribution in [3.8, 4) is 11.3 Å². The highest BCUT2D eigenvalue weighted by atomic mass is 19.4. The van der Waals surface area contributed by atoms with E-state index in [-0.39, 0.29) is 5.58 Å². The minimum atomic E-state index is -4.74. The SMILES string of the molecule is O=C(C=Cc1ccccc1-c1cncn1C(c1ccccc1)(c1ccccc1)c1ccccc1)c1cc2ccoc2cc1C(F)(F)F. The Morgan fingerprint density at radius 3 is 1.89 bits per heavy atom. The maximum Gasteiger partial charge on any atom is 0.417 e. The molecule has 0 aliphatic carbocycles. The monoisotopic (exact) mass is 624 g/mol. The summed E-state index contributed by atoms with van der Waals surface area (Å²) in [6.45, 7) is 0. The van der Waals surface area contributed by atoms with Gasteiger partial charge in [0.05, 0.1) is 30.0 Å². The van der Waals surface area contributed by atoms with E-state index in [0.29, 0.717) is 10.9 Å². The fourth-order valence-corrected chi connectivity index (χ4v) is 6.30. The summed E-state index contributed by atoms with van der Waals surface area (Å²) in [6, 6.07) is 41.6. The molecule has 2 heterocycles. The predicted molar refractivity (Wildman–Crippen MR) is 177 cm³/mol. The Balaban J connectivity index is 1.39. The van der Waals surface area contributed by atoms with Crippen molar-refractivity contribution in [2.75, 3.05) is 0 Å².